The summed E-state index contributed by atoms with van der Waals surface area (Å²) in [6.07, 6.45) is 1.78. The molecule has 0 aliphatic rings. The van der Waals surface area contributed by atoms with Crippen LogP contribution in [0.3, 0.4) is 0 Å². The molecule has 19 heavy (non-hydrogen) atoms. The number of hydrogen-bond acceptors (Lipinski definition) is 6. The smallest absolute Gasteiger partial charge is 0.203 e. The summed E-state index contributed by atoms with van der Waals surface area (Å²) in [4.78, 5) is 2.02. The number of nitrogen functional groups attached to an aromatic ring is 1. The maximum Gasteiger partial charge on any atom is 0.203 e. The van der Waals surface area contributed by atoms with Gasteiger partial charge in [-0.1, -0.05) is 23.5 Å². The van der Waals surface area contributed by atoms with Crippen molar-refractivity contribution in [3.8, 4) is 6.07 Å². The van der Waals surface area contributed by atoms with E-state index in [1.807, 2.05) is 43.3 Å². The van der Waals surface area contributed by atoms with E-state index >= 15 is 0 Å². The zero-order chi connectivity index (χ0) is 13.8. The molecule has 2 rings (SSSR count). The molecular formula is C13H13N5S. The van der Waals surface area contributed by atoms with E-state index in [9.17, 15) is 0 Å². The summed E-state index contributed by atoms with van der Waals surface area (Å²) in [6, 6.07) is 10.0. The summed E-state index contributed by atoms with van der Waals surface area (Å²) in [5, 5.41) is 17.6. The predicted molar refractivity (Wildman–Crippen MR) is 78.6 cm³/mol. The summed E-state index contributed by atoms with van der Waals surface area (Å²) in [5.41, 5.74) is 8.03. The molecule has 0 unspecified atom stereocenters. The molecule has 0 saturated heterocycles. The van der Waals surface area contributed by atoms with Gasteiger partial charge in [0, 0.05) is 19.8 Å². The van der Waals surface area contributed by atoms with Crippen molar-refractivity contribution in [3.63, 3.8) is 0 Å². The predicted octanol–water partition coefficient (Wildman–Crippen LogP) is 2.25. The lowest BCUT2D eigenvalue weighted by atomic mass is 10.1. The first-order chi connectivity index (χ1) is 9.10. The Labute approximate surface area is 115 Å². The van der Waals surface area contributed by atoms with Gasteiger partial charge in [-0.3, -0.25) is 0 Å². The Balaban J connectivity index is 2.31. The van der Waals surface area contributed by atoms with Crippen LogP contribution >= 0.6 is 11.3 Å². The van der Waals surface area contributed by atoms with Crippen molar-refractivity contribution < 1.29 is 0 Å². The number of allylic oxidation sites excluding steroid dienone is 1. The van der Waals surface area contributed by atoms with E-state index in [4.69, 9.17) is 11.0 Å². The highest BCUT2D eigenvalue weighted by atomic mass is 32.1. The zero-order valence-electron chi connectivity index (χ0n) is 10.7. The van der Waals surface area contributed by atoms with Crippen molar-refractivity contribution in [1.29, 1.82) is 5.26 Å². The molecule has 2 aromatic rings. The normalized spacial score (nSPS) is 11.1. The zero-order valence-corrected chi connectivity index (χ0v) is 11.5. The third-order valence-electron chi connectivity index (χ3n) is 2.51. The molecule has 0 amide bonds. The largest absolute Gasteiger partial charge is 0.378 e. The lowest BCUT2D eigenvalue weighted by Crippen LogP contribution is -2.07. The summed E-state index contributed by atoms with van der Waals surface area (Å²) in [6.45, 7) is 0. The van der Waals surface area contributed by atoms with Crippen LogP contribution in [-0.4, -0.2) is 24.3 Å². The number of nitriles is 1. The van der Waals surface area contributed by atoms with Crippen molar-refractivity contribution in [2.45, 2.75) is 0 Å². The topological polar surface area (TPSA) is 78.8 Å². The average Bonchev–Trinajstić information content (AvgIpc) is 2.83. The summed E-state index contributed by atoms with van der Waals surface area (Å²) in [5.74, 6) is 0. The number of hydrogen-bond donors (Lipinski definition) is 1. The lowest BCUT2D eigenvalue weighted by molar-refractivity contribution is 1.08. The van der Waals surface area contributed by atoms with Crippen molar-refractivity contribution in [2.75, 3.05) is 24.7 Å². The van der Waals surface area contributed by atoms with Gasteiger partial charge in [0.1, 0.15) is 6.07 Å². The molecule has 0 aliphatic carbocycles. The number of rotatable bonds is 3. The van der Waals surface area contributed by atoms with Gasteiger partial charge in [-0.15, -0.1) is 10.2 Å². The van der Waals surface area contributed by atoms with Gasteiger partial charge in [0.25, 0.3) is 0 Å². The fraction of sp³-hybridized carbons (Fsp3) is 0.154. The van der Waals surface area contributed by atoms with Crippen LogP contribution in [0.2, 0.25) is 0 Å². The molecule has 0 atom stereocenters. The van der Waals surface area contributed by atoms with E-state index in [1.54, 1.807) is 6.08 Å². The lowest BCUT2D eigenvalue weighted by Gasteiger charge is -2.11. The molecule has 1 aromatic carbocycles. The van der Waals surface area contributed by atoms with E-state index in [2.05, 4.69) is 16.3 Å². The first-order valence-corrected chi connectivity index (χ1v) is 6.40. The number of nitrogens with zero attached hydrogens (tertiary/aromatic N) is 4. The Morgan fingerprint density at radius 1 is 1.32 bits per heavy atom. The molecule has 0 bridgehead atoms. The van der Waals surface area contributed by atoms with Crippen molar-refractivity contribution in [1.82, 2.24) is 10.2 Å². The van der Waals surface area contributed by atoms with Crippen LogP contribution in [0.25, 0.3) is 11.6 Å². The standard InChI is InChI=1S/C13H13N5S/c1-18(2)11-5-3-9(4-6-11)7-10(8-14)12-16-17-13(15)19-12/h3-7H,1-2H3,(H2,15,17)/b10-7+. The Bertz CT molecular complexity index is 634. The summed E-state index contributed by atoms with van der Waals surface area (Å²) in [7, 11) is 3.96. The second-order valence-electron chi connectivity index (χ2n) is 4.10. The van der Waals surface area contributed by atoms with E-state index in [-0.39, 0.29) is 0 Å². The first-order valence-electron chi connectivity index (χ1n) is 5.58. The van der Waals surface area contributed by atoms with Crippen LogP contribution < -0.4 is 10.6 Å². The summed E-state index contributed by atoms with van der Waals surface area (Å²) >= 11 is 1.20. The molecule has 0 aliphatic heterocycles. The molecule has 96 valence electrons. The number of nitrogens with two attached hydrogens (primary N) is 1. The van der Waals surface area contributed by atoms with Crippen LogP contribution in [0.15, 0.2) is 24.3 Å². The highest BCUT2D eigenvalue weighted by Gasteiger charge is 2.07. The van der Waals surface area contributed by atoms with Gasteiger partial charge < -0.3 is 10.6 Å². The maximum absolute atomic E-state index is 9.16. The minimum Gasteiger partial charge on any atom is -0.378 e. The molecule has 6 heteroatoms. The monoisotopic (exact) mass is 271 g/mol. The van der Waals surface area contributed by atoms with Crippen LogP contribution in [-0.2, 0) is 0 Å². The molecule has 0 radical (unpaired) electrons. The molecule has 0 spiro atoms. The fourth-order valence-corrected chi connectivity index (χ4v) is 2.10. The van der Waals surface area contributed by atoms with Gasteiger partial charge >= 0.3 is 0 Å². The van der Waals surface area contributed by atoms with E-state index < -0.39 is 0 Å². The second-order valence-corrected chi connectivity index (χ2v) is 5.11. The van der Waals surface area contributed by atoms with E-state index in [0.717, 1.165) is 11.3 Å². The van der Waals surface area contributed by atoms with Crippen LogP contribution in [0.5, 0.6) is 0 Å². The molecule has 5 nitrogen and oxygen atoms in total. The van der Waals surface area contributed by atoms with Crippen LogP contribution in [0, 0.1) is 11.3 Å². The molecule has 0 saturated carbocycles. The van der Waals surface area contributed by atoms with E-state index in [0.29, 0.717) is 15.7 Å². The second kappa shape index (κ2) is 5.50. The Hall–Kier alpha value is -2.39. The van der Waals surface area contributed by atoms with Crippen molar-refractivity contribution >= 4 is 33.8 Å². The molecule has 1 aromatic heterocycles. The number of benzene rings is 1. The highest BCUT2D eigenvalue weighted by molar-refractivity contribution is 7.16. The third kappa shape index (κ3) is 3.09. The number of aromatic nitrogens is 2. The SMILES string of the molecule is CN(C)c1ccc(/C=C(\C#N)c2nnc(N)s2)cc1. The summed E-state index contributed by atoms with van der Waals surface area (Å²) < 4.78 is 0. The van der Waals surface area contributed by atoms with Gasteiger partial charge in [-0.05, 0) is 23.8 Å². The molecule has 0 fully saturated rings. The minimum atomic E-state index is 0.360. The van der Waals surface area contributed by atoms with Gasteiger partial charge in [0.2, 0.25) is 5.13 Å². The molecule has 2 N–H and O–H groups in total. The van der Waals surface area contributed by atoms with E-state index in [1.165, 1.54) is 11.3 Å². The maximum atomic E-state index is 9.16. The van der Waals surface area contributed by atoms with Crippen LogP contribution in [0.1, 0.15) is 10.6 Å². The van der Waals surface area contributed by atoms with Gasteiger partial charge in [0.05, 0.1) is 5.57 Å². The fourth-order valence-electron chi connectivity index (χ4n) is 1.52. The minimum absolute atomic E-state index is 0.360. The molecule has 1 heterocycles. The van der Waals surface area contributed by atoms with Crippen molar-refractivity contribution in [2.24, 2.45) is 0 Å². The third-order valence-corrected chi connectivity index (χ3v) is 3.30. The number of anilines is 2. The quantitative estimate of drug-likeness (QED) is 0.866. The molecular weight excluding hydrogens is 258 g/mol. The van der Waals surface area contributed by atoms with Crippen molar-refractivity contribution in [3.05, 3.63) is 34.8 Å². The Kier molecular flexibility index (Phi) is 3.78. The first kappa shape index (κ1) is 13.1. The van der Waals surface area contributed by atoms with Crippen LogP contribution in [0.4, 0.5) is 10.8 Å². The highest BCUT2D eigenvalue weighted by Crippen LogP contribution is 2.23. The Morgan fingerprint density at radius 2 is 2.00 bits per heavy atom. The van der Waals surface area contributed by atoms with Gasteiger partial charge in [0.15, 0.2) is 5.01 Å². The van der Waals surface area contributed by atoms with Gasteiger partial charge in [-0.2, -0.15) is 5.26 Å². The average molecular weight is 271 g/mol. The van der Waals surface area contributed by atoms with Gasteiger partial charge in [-0.25, -0.2) is 0 Å². The Morgan fingerprint density at radius 3 is 2.47 bits per heavy atom.